The van der Waals surface area contributed by atoms with E-state index in [0.717, 1.165) is 23.2 Å². The van der Waals surface area contributed by atoms with Crippen LogP contribution in [0.4, 0.5) is 0 Å². The summed E-state index contributed by atoms with van der Waals surface area (Å²) in [6, 6.07) is 16.7. The van der Waals surface area contributed by atoms with Crippen LogP contribution in [0.2, 0.25) is 0 Å². The van der Waals surface area contributed by atoms with Gasteiger partial charge in [0.15, 0.2) is 0 Å². The zero-order valence-corrected chi connectivity index (χ0v) is 21.6. The van der Waals surface area contributed by atoms with Gasteiger partial charge in [-0.2, -0.15) is 0 Å². The van der Waals surface area contributed by atoms with E-state index in [1.165, 1.54) is 27.0 Å². The topological polar surface area (TPSA) is 67.2 Å². The van der Waals surface area contributed by atoms with Crippen molar-refractivity contribution in [1.29, 1.82) is 0 Å². The van der Waals surface area contributed by atoms with Crippen molar-refractivity contribution >= 4 is 27.5 Å². The Balaban J connectivity index is 1.43. The van der Waals surface area contributed by atoms with Crippen LogP contribution in [0.25, 0.3) is 21.3 Å². The molecule has 35 heavy (non-hydrogen) atoms. The largest absolute Gasteiger partial charge is 0.352 e. The van der Waals surface area contributed by atoms with Crippen molar-refractivity contribution in [2.75, 3.05) is 7.05 Å². The fourth-order valence-corrected chi connectivity index (χ4v) is 4.82. The third-order valence-electron chi connectivity index (χ3n) is 6.40. The number of aryl methyl sites for hydroxylation is 2. The number of thiophene rings is 1. The summed E-state index contributed by atoms with van der Waals surface area (Å²) < 4.78 is 1.54. The van der Waals surface area contributed by atoms with E-state index in [1.807, 2.05) is 48.7 Å². The number of hydrogen-bond donors (Lipinski definition) is 1. The number of carbonyl (C=O) groups is 1. The lowest BCUT2D eigenvalue weighted by Crippen LogP contribution is -2.29. The molecule has 0 bridgehead atoms. The molecule has 0 saturated heterocycles. The van der Waals surface area contributed by atoms with Crippen LogP contribution in [0, 0.1) is 6.92 Å². The maximum absolute atomic E-state index is 13.2. The van der Waals surface area contributed by atoms with E-state index >= 15 is 0 Å². The molecule has 2 aromatic heterocycles. The first-order valence-electron chi connectivity index (χ1n) is 11.9. The first-order chi connectivity index (χ1) is 16.8. The molecule has 2 aromatic carbocycles. The van der Waals surface area contributed by atoms with Crippen LogP contribution in [-0.4, -0.2) is 33.4 Å². The number of nitrogens with one attached hydrogen (secondary N) is 1. The molecular weight excluding hydrogens is 456 g/mol. The number of amides is 1. The maximum atomic E-state index is 13.2. The standard InChI is InChI=1S/C28H32N4O2S/c1-19(2)31(4)16-23-8-6-5-7-22(23)15-29-25(33)13-14-32-18-30-27-26(28(32)34)24(17-35-27)21-11-9-20(3)10-12-21/h5-12,17-19H,13-16H2,1-4H3,(H,29,33). The van der Waals surface area contributed by atoms with Crippen molar-refractivity contribution in [1.82, 2.24) is 19.8 Å². The third-order valence-corrected chi connectivity index (χ3v) is 7.29. The van der Waals surface area contributed by atoms with Crippen LogP contribution in [-0.2, 0) is 24.4 Å². The minimum Gasteiger partial charge on any atom is -0.352 e. The Morgan fingerprint density at radius 1 is 1.11 bits per heavy atom. The molecule has 4 rings (SSSR count). The molecule has 0 aliphatic heterocycles. The summed E-state index contributed by atoms with van der Waals surface area (Å²) in [7, 11) is 2.10. The molecule has 1 amide bonds. The molecule has 0 fully saturated rings. The summed E-state index contributed by atoms with van der Waals surface area (Å²) in [6.45, 7) is 7.95. The fraction of sp³-hybridized carbons (Fsp3) is 0.321. The summed E-state index contributed by atoms with van der Waals surface area (Å²) in [5.41, 5.74) is 5.26. The summed E-state index contributed by atoms with van der Waals surface area (Å²) in [4.78, 5) is 33.3. The van der Waals surface area contributed by atoms with E-state index in [2.05, 4.69) is 48.2 Å². The number of aromatic nitrogens is 2. The van der Waals surface area contributed by atoms with E-state index < -0.39 is 0 Å². The quantitative estimate of drug-likeness (QED) is 0.361. The van der Waals surface area contributed by atoms with Crippen LogP contribution in [0.1, 0.15) is 37.0 Å². The van der Waals surface area contributed by atoms with Gasteiger partial charge in [0.25, 0.3) is 5.56 Å². The minimum atomic E-state index is -0.110. The van der Waals surface area contributed by atoms with E-state index in [1.54, 1.807) is 6.33 Å². The maximum Gasteiger partial charge on any atom is 0.262 e. The Bertz CT molecular complexity index is 1370. The van der Waals surface area contributed by atoms with Gasteiger partial charge in [-0.3, -0.25) is 19.1 Å². The average Bonchev–Trinajstić information content (AvgIpc) is 3.28. The summed E-state index contributed by atoms with van der Waals surface area (Å²) >= 11 is 1.47. The van der Waals surface area contributed by atoms with Crippen LogP contribution in [0.3, 0.4) is 0 Å². The van der Waals surface area contributed by atoms with Gasteiger partial charge in [0.2, 0.25) is 5.91 Å². The highest BCUT2D eigenvalue weighted by Crippen LogP contribution is 2.30. The minimum absolute atomic E-state index is 0.0897. The lowest BCUT2D eigenvalue weighted by molar-refractivity contribution is -0.121. The van der Waals surface area contributed by atoms with Crippen molar-refractivity contribution in [3.8, 4) is 11.1 Å². The van der Waals surface area contributed by atoms with E-state index in [9.17, 15) is 9.59 Å². The Labute approximate surface area is 210 Å². The van der Waals surface area contributed by atoms with Crippen LogP contribution < -0.4 is 10.9 Å². The second kappa shape index (κ2) is 11.0. The smallest absolute Gasteiger partial charge is 0.262 e. The third kappa shape index (κ3) is 5.86. The first kappa shape index (κ1) is 24.8. The predicted molar refractivity (Wildman–Crippen MR) is 144 cm³/mol. The zero-order chi connectivity index (χ0) is 24.9. The molecule has 4 aromatic rings. The van der Waals surface area contributed by atoms with Crippen molar-refractivity contribution in [3.63, 3.8) is 0 Å². The molecule has 182 valence electrons. The van der Waals surface area contributed by atoms with E-state index in [0.29, 0.717) is 22.8 Å². The van der Waals surface area contributed by atoms with E-state index in [4.69, 9.17) is 0 Å². The Morgan fingerprint density at radius 2 is 1.83 bits per heavy atom. The second-order valence-electron chi connectivity index (χ2n) is 9.24. The van der Waals surface area contributed by atoms with Gasteiger partial charge in [0.1, 0.15) is 4.83 Å². The lowest BCUT2D eigenvalue weighted by atomic mass is 10.1. The number of nitrogens with zero attached hydrogens (tertiary/aromatic N) is 3. The first-order valence-corrected chi connectivity index (χ1v) is 12.8. The van der Waals surface area contributed by atoms with Gasteiger partial charge < -0.3 is 5.32 Å². The highest BCUT2D eigenvalue weighted by molar-refractivity contribution is 7.17. The normalized spacial score (nSPS) is 11.5. The van der Waals surface area contributed by atoms with Gasteiger partial charge in [-0.15, -0.1) is 11.3 Å². The van der Waals surface area contributed by atoms with Gasteiger partial charge in [-0.1, -0.05) is 54.1 Å². The van der Waals surface area contributed by atoms with Gasteiger partial charge in [0, 0.05) is 43.0 Å². The molecule has 0 radical (unpaired) electrons. The van der Waals surface area contributed by atoms with Crippen LogP contribution >= 0.6 is 11.3 Å². The molecular formula is C28H32N4O2S. The second-order valence-corrected chi connectivity index (χ2v) is 10.1. The SMILES string of the molecule is Cc1ccc(-c2csc3ncn(CCC(=O)NCc4ccccc4CN(C)C(C)C)c(=O)c23)cc1. The van der Waals surface area contributed by atoms with Gasteiger partial charge in [-0.05, 0) is 44.5 Å². The average molecular weight is 489 g/mol. The Kier molecular flexibility index (Phi) is 7.78. The van der Waals surface area contributed by atoms with Crippen LogP contribution in [0.15, 0.2) is 65.0 Å². The molecule has 0 spiro atoms. The lowest BCUT2D eigenvalue weighted by Gasteiger charge is -2.22. The van der Waals surface area contributed by atoms with Gasteiger partial charge in [0.05, 0.1) is 11.7 Å². The summed E-state index contributed by atoms with van der Waals surface area (Å²) in [5, 5.41) is 5.61. The molecule has 0 atom stereocenters. The molecule has 7 heteroatoms. The molecule has 0 aliphatic carbocycles. The molecule has 6 nitrogen and oxygen atoms in total. The van der Waals surface area contributed by atoms with Gasteiger partial charge >= 0.3 is 0 Å². The molecule has 2 heterocycles. The van der Waals surface area contributed by atoms with Crippen molar-refractivity contribution < 1.29 is 4.79 Å². The highest BCUT2D eigenvalue weighted by atomic mass is 32.1. The molecule has 0 saturated carbocycles. The van der Waals surface area contributed by atoms with Gasteiger partial charge in [-0.25, -0.2) is 4.98 Å². The van der Waals surface area contributed by atoms with Crippen molar-refractivity contribution in [2.45, 2.75) is 52.9 Å². The number of rotatable bonds is 9. The Morgan fingerprint density at radius 3 is 2.54 bits per heavy atom. The highest BCUT2D eigenvalue weighted by Gasteiger charge is 2.14. The zero-order valence-electron chi connectivity index (χ0n) is 20.7. The number of hydrogen-bond acceptors (Lipinski definition) is 5. The summed E-state index contributed by atoms with van der Waals surface area (Å²) in [5.74, 6) is -0.0897. The molecule has 1 N–H and O–H groups in total. The fourth-order valence-electron chi connectivity index (χ4n) is 3.91. The molecule has 0 unspecified atom stereocenters. The molecule has 0 aliphatic rings. The Hall–Kier alpha value is -3.29. The summed E-state index contributed by atoms with van der Waals surface area (Å²) in [6.07, 6.45) is 1.76. The predicted octanol–water partition coefficient (Wildman–Crippen LogP) is 4.98. The number of fused-ring (bicyclic) bond motifs is 1. The van der Waals surface area contributed by atoms with Crippen molar-refractivity contribution in [3.05, 3.63) is 87.3 Å². The number of benzene rings is 2. The van der Waals surface area contributed by atoms with Crippen LogP contribution in [0.5, 0.6) is 0 Å². The number of carbonyl (C=O) groups excluding carboxylic acids is 1. The van der Waals surface area contributed by atoms with Crippen molar-refractivity contribution in [2.24, 2.45) is 0 Å². The monoisotopic (exact) mass is 488 g/mol. The van der Waals surface area contributed by atoms with E-state index in [-0.39, 0.29) is 24.4 Å².